The van der Waals surface area contributed by atoms with Gasteiger partial charge in [0.25, 0.3) is 0 Å². The Morgan fingerprint density at radius 3 is 2.38 bits per heavy atom. The van der Waals surface area contributed by atoms with Gasteiger partial charge in [0, 0.05) is 21.4 Å². The van der Waals surface area contributed by atoms with Crippen LogP contribution in [0.5, 0.6) is 0 Å². The fourth-order valence-corrected chi connectivity index (χ4v) is 3.85. The summed E-state index contributed by atoms with van der Waals surface area (Å²) in [5.41, 5.74) is 3.96. The van der Waals surface area contributed by atoms with Crippen LogP contribution in [0.15, 0.2) is 82.6 Å². The fraction of sp³-hybridized carbons (Fsp3) is 0. The van der Waals surface area contributed by atoms with Crippen LogP contribution in [-0.2, 0) is 0 Å². The summed E-state index contributed by atoms with van der Waals surface area (Å²) in [4.78, 5) is 5.99. The molecule has 0 aliphatic rings. The van der Waals surface area contributed by atoms with Crippen molar-refractivity contribution < 1.29 is 4.42 Å². The Balaban J connectivity index is 1.85. The lowest BCUT2D eigenvalue weighted by molar-refractivity contribution is 0.623. The van der Waals surface area contributed by atoms with Gasteiger partial charge in [0.2, 0.25) is 5.89 Å². The topological polar surface area (TPSA) is 26.0 Å². The second-order valence-corrected chi connectivity index (χ2v) is 6.63. The van der Waals surface area contributed by atoms with Crippen LogP contribution < -0.4 is 0 Å². The molecular formula is C21H13NOS. The van der Waals surface area contributed by atoms with Crippen LogP contribution in [0.1, 0.15) is 0 Å². The van der Waals surface area contributed by atoms with Crippen LogP contribution >= 0.6 is 11.3 Å². The number of hydrogen-bond acceptors (Lipinski definition) is 3. The highest BCUT2D eigenvalue weighted by Gasteiger charge is 2.15. The van der Waals surface area contributed by atoms with Crippen molar-refractivity contribution in [3.05, 3.63) is 78.2 Å². The van der Waals surface area contributed by atoms with E-state index >= 15 is 0 Å². The summed E-state index contributed by atoms with van der Waals surface area (Å²) in [6.07, 6.45) is 0. The number of rotatable bonds is 2. The van der Waals surface area contributed by atoms with Crippen molar-refractivity contribution in [1.82, 2.24) is 4.98 Å². The summed E-state index contributed by atoms with van der Waals surface area (Å²) < 4.78 is 6.13. The van der Waals surface area contributed by atoms with Crippen molar-refractivity contribution in [1.29, 1.82) is 0 Å². The highest BCUT2D eigenvalue weighted by atomic mass is 32.1. The van der Waals surface area contributed by atoms with Gasteiger partial charge < -0.3 is 4.42 Å². The van der Waals surface area contributed by atoms with Gasteiger partial charge in [-0.25, -0.2) is 4.98 Å². The minimum atomic E-state index is 0.666. The second-order valence-electron chi connectivity index (χ2n) is 5.68. The molecule has 0 saturated carbocycles. The van der Waals surface area contributed by atoms with Gasteiger partial charge in [-0.3, -0.25) is 0 Å². The maximum Gasteiger partial charge on any atom is 0.227 e. The Bertz CT molecular complexity index is 1140. The Hall–Kier alpha value is -2.91. The fourth-order valence-electron chi connectivity index (χ4n) is 3.09. The van der Waals surface area contributed by atoms with E-state index in [-0.39, 0.29) is 0 Å². The maximum atomic E-state index is 6.13. The standard InChI is InChI=1S/C21H13NOS/c1-2-7-14(8-3-1)21-22-18-13-17(19-11-6-12-24-19)15-9-4-5-10-16(15)20(18)23-21/h1-13H. The van der Waals surface area contributed by atoms with E-state index in [0.717, 1.165) is 22.0 Å². The number of aromatic nitrogens is 1. The first-order valence-electron chi connectivity index (χ1n) is 7.82. The van der Waals surface area contributed by atoms with Gasteiger partial charge in [-0.2, -0.15) is 0 Å². The summed E-state index contributed by atoms with van der Waals surface area (Å²) in [6, 6.07) is 24.8. The van der Waals surface area contributed by atoms with Gasteiger partial charge in [-0.15, -0.1) is 11.3 Å². The Morgan fingerprint density at radius 1 is 0.792 bits per heavy atom. The molecule has 2 aromatic heterocycles. The Labute approximate surface area is 143 Å². The van der Waals surface area contributed by atoms with Crippen molar-refractivity contribution in [3.8, 4) is 21.9 Å². The molecule has 0 radical (unpaired) electrons. The van der Waals surface area contributed by atoms with Gasteiger partial charge >= 0.3 is 0 Å². The SMILES string of the molecule is c1ccc(-c2nc3cc(-c4cccs4)c4ccccc4c3o2)cc1. The predicted octanol–water partition coefficient (Wildman–Crippen LogP) is 6.38. The van der Waals surface area contributed by atoms with Crippen molar-refractivity contribution in [2.75, 3.05) is 0 Å². The van der Waals surface area contributed by atoms with E-state index in [1.54, 1.807) is 11.3 Å². The summed E-state index contributed by atoms with van der Waals surface area (Å²) in [5, 5.41) is 4.41. The molecule has 5 rings (SSSR count). The number of hydrogen-bond donors (Lipinski definition) is 0. The molecule has 0 aliphatic heterocycles. The first-order valence-corrected chi connectivity index (χ1v) is 8.70. The predicted molar refractivity (Wildman–Crippen MR) is 100 cm³/mol. The Morgan fingerprint density at radius 2 is 1.58 bits per heavy atom. The molecule has 2 heterocycles. The lowest BCUT2D eigenvalue weighted by Gasteiger charge is -2.04. The minimum Gasteiger partial charge on any atom is -0.435 e. The van der Waals surface area contributed by atoms with Gasteiger partial charge in [0.1, 0.15) is 5.52 Å². The van der Waals surface area contributed by atoms with Gasteiger partial charge in [-0.1, -0.05) is 48.5 Å². The van der Waals surface area contributed by atoms with Crippen LogP contribution in [0.3, 0.4) is 0 Å². The number of fused-ring (bicyclic) bond motifs is 3. The average molecular weight is 327 g/mol. The highest BCUT2D eigenvalue weighted by molar-refractivity contribution is 7.13. The molecule has 0 unspecified atom stereocenters. The van der Waals surface area contributed by atoms with E-state index in [4.69, 9.17) is 9.40 Å². The molecular weight excluding hydrogens is 314 g/mol. The molecule has 0 fully saturated rings. The summed E-state index contributed by atoms with van der Waals surface area (Å²) in [5.74, 6) is 0.666. The highest BCUT2D eigenvalue weighted by Crippen LogP contribution is 2.38. The van der Waals surface area contributed by atoms with Crippen LogP contribution in [0.25, 0.3) is 43.8 Å². The summed E-state index contributed by atoms with van der Waals surface area (Å²) >= 11 is 1.74. The van der Waals surface area contributed by atoms with E-state index in [9.17, 15) is 0 Å². The van der Waals surface area contributed by atoms with Crippen molar-refractivity contribution in [2.24, 2.45) is 0 Å². The molecule has 2 nitrogen and oxygen atoms in total. The van der Waals surface area contributed by atoms with E-state index < -0.39 is 0 Å². The molecule has 5 aromatic rings. The zero-order chi connectivity index (χ0) is 15.9. The first kappa shape index (κ1) is 13.5. The molecule has 3 aromatic carbocycles. The molecule has 0 spiro atoms. The molecule has 24 heavy (non-hydrogen) atoms. The molecule has 0 aliphatic carbocycles. The van der Waals surface area contributed by atoms with Crippen LogP contribution in [0.4, 0.5) is 0 Å². The van der Waals surface area contributed by atoms with E-state index in [0.29, 0.717) is 5.89 Å². The number of thiophene rings is 1. The third kappa shape index (κ3) is 2.06. The molecule has 0 bridgehead atoms. The zero-order valence-corrected chi connectivity index (χ0v) is 13.6. The van der Waals surface area contributed by atoms with Gasteiger partial charge in [-0.05, 0) is 35.0 Å². The van der Waals surface area contributed by atoms with Crippen LogP contribution in [0.2, 0.25) is 0 Å². The molecule has 0 saturated heterocycles. The average Bonchev–Trinajstić information content (AvgIpc) is 3.31. The lowest BCUT2D eigenvalue weighted by atomic mass is 10.0. The van der Waals surface area contributed by atoms with Crippen LogP contribution in [0, 0.1) is 0 Å². The van der Waals surface area contributed by atoms with E-state index in [1.165, 1.54) is 15.8 Å². The van der Waals surface area contributed by atoms with Crippen molar-refractivity contribution in [2.45, 2.75) is 0 Å². The number of oxazole rings is 1. The van der Waals surface area contributed by atoms with E-state index in [1.807, 2.05) is 36.4 Å². The molecule has 3 heteroatoms. The van der Waals surface area contributed by atoms with Gasteiger partial charge in [0.15, 0.2) is 5.58 Å². The normalized spacial score (nSPS) is 11.3. The maximum absolute atomic E-state index is 6.13. The third-order valence-electron chi connectivity index (χ3n) is 4.20. The van der Waals surface area contributed by atoms with Gasteiger partial charge in [0.05, 0.1) is 0 Å². The molecule has 0 N–H and O–H groups in total. The number of benzene rings is 3. The monoisotopic (exact) mass is 327 g/mol. The van der Waals surface area contributed by atoms with E-state index in [2.05, 4.69) is 41.8 Å². The van der Waals surface area contributed by atoms with Crippen molar-refractivity contribution >= 4 is 33.2 Å². The first-order chi connectivity index (χ1) is 11.9. The molecule has 114 valence electrons. The Kier molecular flexibility index (Phi) is 3.00. The largest absolute Gasteiger partial charge is 0.435 e. The summed E-state index contributed by atoms with van der Waals surface area (Å²) in [6.45, 7) is 0. The quantitative estimate of drug-likeness (QED) is 0.376. The second kappa shape index (κ2) is 5.32. The molecule has 0 amide bonds. The number of nitrogens with zero attached hydrogens (tertiary/aromatic N) is 1. The minimum absolute atomic E-state index is 0.666. The van der Waals surface area contributed by atoms with Crippen molar-refractivity contribution in [3.63, 3.8) is 0 Å². The zero-order valence-electron chi connectivity index (χ0n) is 12.8. The third-order valence-corrected chi connectivity index (χ3v) is 5.11. The molecule has 0 atom stereocenters. The summed E-state index contributed by atoms with van der Waals surface area (Å²) in [7, 11) is 0. The smallest absolute Gasteiger partial charge is 0.227 e. The lowest BCUT2D eigenvalue weighted by Crippen LogP contribution is -1.80. The van der Waals surface area contributed by atoms with Crippen LogP contribution in [-0.4, -0.2) is 4.98 Å².